The number of benzene rings is 1. The number of aryl methyl sites for hydroxylation is 1. The van der Waals surface area contributed by atoms with E-state index in [0.717, 1.165) is 0 Å². The minimum atomic E-state index is -0.412. The van der Waals surface area contributed by atoms with Gasteiger partial charge >= 0.3 is 0 Å². The molecule has 6 nitrogen and oxygen atoms in total. The van der Waals surface area contributed by atoms with Crippen LogP contribution in [0, 0.1) is 6.92 Å². The summed E-state index contributed by atoms with van der Waals surface area (Å²) in [7, 11) is 0. The van der Waals surface area contributed by atoms with Crippen LogP contribution in [-0.2, 0) is 4.79 Å². The van der Waals surface area contributed by atoms with Crippen molar-refractivity contribution in [3.05, 3.63) is 28.0 Å². The van der Waals surface area contributed by atoms with E-state index >= 15 is 0 Å². The summed E-state index contributed by atoms with van der Waals surface area (Å²) in [6, 6.07) is 3.05. The number of H-pyrrole nitrogens is 1. The van der Waals surface area contributed by atoms with Gasteiger partial charge in [0.25, 0.3) is 0 Å². The van der Waals surface area contributed by atoms with Crippen LogP contribution in [0.4, 0.5) is 11.4 Å². The van der Waals surface area contributed by atoms with Crippen molar-refractivity contribution in [2.75, 3.05) is 11.1 Å². The van der Waals surface area contributed by atoms with Crippen molar-refractivity contribution < 1.29 is 4.79 Å². The first kappa shape index (κ1) is 15.9. The predicted octanol–water partition coefficient (Wildman–Crippen LogP) is 3.12. The summed E-state index contributed by atoms with van der Waals surface area (Å²) in [5, 5.41) is 10.0. The lowest BCUT2D eigenvalue weighted by molar-refractivity contribution is -0.115. The zero-order valence-electron chi connectivity index (χ0n) is 11.3. The second kappa shape index (κ2) is 6.55. The molecule has 9 heteroatoms. The maximum atomic E-state index is 12.2. The smallest absolute Gasteiger partial charge is 0.237 e. The summed E-state index contributed by atoms with van der Waals surface area (Å²) < 4.78 is 0. The first-order chi connectivity index (χ1) is 9.86. The molecule has 0 spiro atoms. The van der Waals surface area contributed by atoms with E-state index in [4.69, 9.17) is 28.9 Å². The lowest BCUT2D eigenvalue weighted by Gasteiger charge is -2.13. The van der Waals surface area contributed by atoms with Crippen molar-refractivity contribution in [3.8, 4) is 0 Å². The van der Waals surface area contributed by atoms with E-state index in [9.17, 15) is 4.79 Å². The third-order valence-electron chi connectivity index (χ3n) is 2.54. The quantitative estimate of drug-likeness (QED) is 0.584. The molecular weight excluding hydrogens is 333 g/mol. The number of thioether (sulfide) groups is 1. The minimum Gasteiger partial charge on any atom is -0.399 e. The SMILES string of the molecule is Cc1nc(SC(C)C(=O)Nc2c(Cl)cc(N)cc2Cl)n[nH]1. The van der Waals surface area contributed by atoms with Gasteiger partial charge < -0.3 is 11.1 Å². The van der Waals surface area contributed by atoms with Gasteiger partial charge in [0.05, 0.1) is 21.0 Å². The van der Waals surface area contributed by atoms with Crippen LogP contribution in [0.2, 0.25) is 10.0 Å². The molecule has 1 heterocycles. The second-order valence-electron chi connectivity index (χ2n) is 4.31. The van der Waals surface area contributed by atoms with E-state index in [1.807, 2.05) is 0 Å². The predicted molar refractivity (Wildman–Crippen MR) is 85.9 cm³/mol. The Balaban J connectivity index is 2.07. The van der Waals surface area contributed by atoms with Gasteiger partial charge in [-0.05, 0) is 26.0 Å². The van der Waals surface area contributed by atoms with Crippen molar-refractivity contribution in [2.45, 2.75) is 24.3 Å². The molecule has 1 amide bonds. The number of halogens is 2. The van der Waals surface area contributed by atoms with Crippen LogP contribution in [0.3, 0.4) is 0 Å². The summed E-state index contributed by atoms with van der Waals surface area (Å²) >= 11 is 13.3. The van der Waals surface area contributed by atoms with Gasteiger partial charge in [-0.3, -0.25) is 9.89 Å². The van der Waals surface area contributed by atoms with Gasteiger partial charge in [-0.1, -0.05) is 35.0 Å². The van der Waals surface area contributed by atoms with Crippen molar-refractivity contribution in [2.24, 2.45) is 0 Å². The number of nitrogen functional groups attached to an aromatic ring is 1. The number of amides is 1. The molecule has 0 saturated carbocycles. The molecule has 0 radical (unpaired) electrons. The molecule has 1 aromatic heterocycles. The fourth-order valence-electron chi connectivity index (χ4n) is 1.52. The Kier molecular flexibility index (Phi) is 4.97. The van der Waals surface area contributed by atoms with Gasteiger partial charge in [-0.15, -0.1) is 5.10 Å². The molecular formula is C12H13Cl2N5OS. The van der Waals surface area contributed by atoms with Gasteiger partial charge in [0.15, 0.2) is 0 Å². The molecule has 1 aromatic carbocycles. The Hall–Kier alpha value is -1.44. The van der Waals surface area contributed by atoms with Crippen molar-refractivity contribution in [3.63, 3.8) is 0 Å². The number of nitrogens with zero attached hydrogens (tertiary/aromatic N) is 2. The Morgan fingerprint density at radius 2 is 2.05 bits per heavy atom. The summed E-state index contributed by atoms with van der Waals surface area (Å²) in [5.41, 5.74) is 6.39. The molecule has 0 fully saturated rings. The van der Waals surface area contributed by atoms with Gasteiger partial charge in [-0.25, -0.2) is 4.98 Å². The van der Waals surface area contributed by atoms with Crippen molar-refractivity contribution in [1.29, 1.82) is 0 Å². The molecule has 0 bridgehead atoms. The number of aromatic nitrogens is 3. The third kappa shape index (κ3) is 4.03. The minimum absolute atomic E-state index is 0.254. The average molecular weight is 346 g/mol. The molecule has 112 valence electrons. The number of nitrogens with one attached hydrogen (secondary N) is 2. The van der Waals surface area contributed by atoms with Crippen LogP contribution in [0.1, 0.15) is 12.7 Å². The van der Waals surface area contributed by atoms with Crippen LogP contribution >= 0.6 is 35.0 Å². The number of anilines is 2. The number of aromatic amines is 1. The zero-order chi connectivity index (χ0) is 15.6. The fraction of sp³-hybridized carbons (Fsp3) is 0.250. The lowest BCUT2D eigenvalue weighted by Crippen LogP contribution is -2.23. The number of rotatable bonds is 4. The first-order valence-electron chi connectivity index (χ1n) is 5.98. The molecule has 0 aliphatic heterocycles. The third-order valence-corrected chi connectivity index (χ3v) is 4.10. The van der Waals surface area contributed by atoms with E-state index in [2.05, 4.69) is 20.5 Å². The fourth-order valence-corrected chi connectivity index (χ4v) is 2.89. The van der Waals surface area contributed by atoms with Crippen molar-refractivity contribution in [1.82, 2.24) is 15.2 Å². The highest BCUT2D eigenvalue weighted by Crippen LogP contribution is 2.33. The first-order valence-corrected chi connectivity index (χ1v) is 7.61. The monoisotopic (exact) mass is 345 g/mol. The molecule has 1 atom stereocenters. The van der Waals surface area contributed by atoms with Gasteiger partial charge in [-0.2, -0.15) is 0 Å². The second-order valence-corrected chi connectivity index (χ2v) is 6.43. The Morgan fingerprint density at radius 3 is 2.57 bits per heavy atom. The van der Waals surface area contributed by atoms with Crippen LogP contribution in [0.5, 0.6) is 0 Å². The molecule has 0 aliphatic rings. The highest BCUT2D eigenvalue weighted by Gasteiger charge is 2.19. The van der Waals surface area contributed by atoms with Crippen molar-refractivity contribution >= 4 is 52.2 Å². The van der Waals surface area contributed by atoms with Crippen LogP contribution < -0.4 is 11.1 Å². The largest absolute Gasteiger partial charge is 0.399 e. The zero-order valence-corrected chi connectivity index (χ0v) is 13.6. The summed E-state index contributed by atoms with van der Waals surface area (Å²) in [6.07, 6.45) is 0. The van der Waals surface area contributed by atoms with E-state index in [0.29, 0.717) is 32.4 Å². The molecule has 1 unspecified atom stereocenters. The summed E-state index contributed by atoms with van der Waals surface area (Å²) in [4.78, 5) is 16.3. The van der Waals surface area contributed by atoms with E-state index < -0.39 is 5.25 Å². The van der Waals surface area contributed by atoms with E-state index in [1.54, 1.807) is 13.8 Å². The molecule has 2 aromatic rings. The van der Waals surface area contributed by atoms with E-state index in [1.165, 1.54) is 23.9 Å². The van der Waals surface area contributed by atoms with Gasteiger partial charge in [0, 0.05) is 5.69 Å². The maximum absolute atomic E-state index is 12.2. The van der Waals surface area contributed by atoms with Crippen LogP contribution in [0.25, 0.3) is 0 Å². The average Bonchev–Trinajstić information content (AvgIpc) is 2.78. The highest BCUT2D eigenvalue weighted by molar-refractivity contribution is 8.00. The molecule has 2 rings (SSSR count). The molecule has 0 aliphatic carbocycles. The molecule has 21 heavy (non-hydrogen) atoms. The summed E-state index contributed by atoms with van der Waals surface area (Å²) in [5.74, 6) is 0.436. The highest BCUT2D eigenvalue weighted by atomic mass is 35.5. The molecule has 4 N–H and O–H groups in total. The number of hydrogen-bond acceptors (Lipinski definition) is 5. The normalized spacial score (nSPS) is 12.2. The maximum Gasteiger partial charge on any atom is 0.237 e. The van der Waals surface area contributed by atoms with Gasteiger partial charge in [0.1, 0.15) is 5.82 Å². The number of carbonyl (C=O) groups excluding carboxylic acids is 1. The number of hydrogen-bond donors (Lipinski definition) is 3. The number of nitrogens with two attached hydrogens (primary N) is 1. The lowest BCUT2D eigenvalue weighted by atomic mass is 10.2. The summed E-state index contributed by atoms with van der Waals surface area (Å²) in [6.45, 7) is 3.53. The topological polar surface area (TPSA) is 96.7 Å². The Labute approximate surface area is 135 Å². The Bertz CT molecular complexity index is 652. The molecule has 0 saturated heterocycles. The van der Waals surface area contributed by atoms with Gasteiger partial charge in [0.2, 0.25) is 11.1 Å². The number of carbonyl (C=O) groups is 1. The van der Waals surface area contributed by atoms with Crippen LogP contribution in [0.15, 0.2) is 17.3 Å². The van der Waals surface area contributed by atoms with Crippen LogP contribution in [-0.4, -0.2) is 26.3 Å². The van der Waals surface area contributed by atoms with E-state index in [-0.39, 0.29) is 5.91 Å². The Morgan fingerprint density at radius 1 is 1.43 bits per heavy atom. The standard InChI is InChI=1S/C12H13Cl2N5OS/c1-5(21-12-16-6(2)18-19-12)11(20)17-10-8(13)3-7(15)4-9(10)14/h3-5H,15H2,1-2H3,(H,17,20)(H,16,18,19).